The van der Waals surface area contributed by atoms with Gasteiger partial charge < -0.3 is 5.11 Å². The molecule has 0 aromatic carbocycles. The molecule has 1 rings (SSSR count). The number of sulfonamides is 1. The number of hydrogen-bond acceptors (Lipinski definition) is 5. The Balaban J connectivity index is 2.95. The van der Waals surface area contributed by atoms with Gasteiger partial charge in [0.2, 0.25) is 0 Å². The molecular weight excluding hydrogens is 288 g/mol. The van der Waals surface area contributed by atoms with E-state index in [1.54, 1.807) is 6.92 Å². The number of carboxylic acid groups (broad SMARTS) is 1. The van der Waals surface area contributed by atoms with Gasteiger partial charge in [0, 0.05) is 24.4 Å². The van der Waals surface area contributed by atoms with Crippen molar-refractivity contribution in [3.05, 3.63) is 17.0 Å². The molecule has 1 aromatic heterocycles. The van der Waals surface area contributed by atoms with E-state index in [0.29, 0.717) is 4.88 Å². The fraction of sp³-hybridized carbons (Fsp3) is 0.455. The lowest BCUT2D eigenvalue weighted by Crippen LogP contribution is -2.31. The molecule has 0 aliphatic heterocycles. The van der Waals surface area contributed by atoms with Crippen LogP contribution in [-0.2, 0) is 21.2 Å². The summed E-state index contributed by atoms with van der Waals surface area (Å²) in [5, 5.41) is 17.2. The normalized spacial score (nSPS) is 11.4. The zero-order valence-corrected chi connectivity index (χ0v) is 12.0. The second kappa shape index (κ2) is 6.65. The van der Waals surface area contributed by atoms with Gasteiger partial charge >= 0.3 is 5.97 Å². The van der Waals surface area contributed by atoms with Crippen LogP contribution < -0.4 is 0 Å². The van der Waals surface area contributed by atoms with E-state index in [-0.39, 0.29) is 30.1 Å². The Morgan fingerprint density at radius 3 is 2.74 bits per heavy atom. The molecule has 0 spiro atoms. The summed E-state index contributed by atoms with van der Waals surface area (Å²) in [5.74, 6) is -0.998. The van der Waals surface area contributed by atoms with E-state index in [4.69, 9.17) is 10.4 Å². The molecule has 0 aliphatic carbocycles. The van der Waals surface area contributed by atoms with Crippen molar-refractivity contribution in [1.82, 2.24) is 4.31 Å². The van der Waals surface area contributed by atoms with Crippen molar-refractivity contribution in [3.63, 3.8) is 0 Å². The summed E-state index contributed by atoms with van der Waals surface area (Å²) in [6, 6.07) is 4.82. The Bertz CT molecular complexity index is 586. The Morgan fingerprint density at radius 1 is 1.53 bits per heavy atom. The number of aliphatic carboxylic acids is 1. The van der Waals surface area contributed by atoms with Crippen LogP contribution in [0.2, 0.25) is 0 Å². The molecule has 0 fully saturated rings. The van der Waals surface area contributed by atoms with Crippen LogP contribution in [0.15, 0.2) is 16.3 Å². The summed E-state index contributed by atoms with van der Waals surface area (Å²) < 4.78 is 25.8. The van der Waals surface area contributed by atoms with Crippen molar-refractivity contribution in [2.24, 2.45) is 0 Å². The number of hydrogen-bond donors (Lipinski definition) is 1. The molecule has 0 aliphatic rings. The lowest BCUT2D eigenvalue weighted by molar-refractivity contribution is -0.136. The third-order valence-electron chi connectivity index (χ3n) is 2.38. The maximum absolute atomic E-state index is 12.2. The van der Waals surface area contributed by atoms with E-state index in [1.807, 2.05) is 6.07 Å². The molecule has 6 nitrogen and oxygen atoms in total. The predicted molar refractivity (Wildman–Crippen MR) is 70.3 cm³/mol. The number of carboxylic acids is 1. The SMILES string of the molecule is CCN(CCC#N)S(=O)(=O)c1ccc(CC(=O)O)s1. The van der Waals surface area contributed by atoms with Crippen LogP contribution in [0.1, 0.15) is 18.2 Å². The fourth-order valence-electron chi connectivity index (χ4n) is 1.49. The van der Waals surface area contributed by atoms with Crippen molar-refractivity contribution in [2.45, 2.75) is 24.0 Å². The van der Waals surface area contributed by atoms with E-state index >= 15 is 0 Å². The topological polar surface area (TPSA) is 98.5 Å². The minimum absolute atomic E-state index is 0.114. The second-order valence-electron chi connectivity index (χ2n) is 3.70. The van der Waals surface area contributed by atoms with Crippen LogP contribution in [0.4, 0.5) is 0 Å². The molecule has 0 amide bonds. The minimum Gasteiger partial charge on any atom is -0.481 e. The lowest BCUT2D eigenvalue weighted by atomic mass is 10.3. The molecule has 1 N–H and O–H groups in total. The maximum Gasteiger partial charge on any atom is 0.308 e. The Kier molecular flexibility index (Phi) is 5.47. The highest BCUT2D eigenvalue weighted by Crippen LogP contribution is 2.25. The summed E-state index contributed by atoms with van der Waals surface area (Å²) in [4.78, 5) is 11.1. The molecule has 0 saturated carbocycles. The van der Waals surface area contributed by atoms with Crippen LogP contribution in [0.25, 0.3) is 0 Å². The van der Waals surface area contributed by atoms with E-state index in [9.17, 15) is 13.2 Å². The summed E-state index contributed by atoms with van der Waals surface area (Å²) in [5.41, 5.74) is 0. The van der Waals surface area contributed by atoms with E-state index < -0.39 is 16.0 Å². The summed E-state index contributed by atoms with van der Waals surface area (Å²) >= 11 is 0.952. The highest BCUT2D eigenvalue weighted by Gasteiger charge is 2.24. The number of thiophene rings is 1. The highest BCUT2D eigenvalue weighted by molar-refractivity contribution is 7.91. The molecule has 0 unspecified atom stereocenters. The largest absolute Gasteiger partial charge is 0.481 e. The number of nitrogens with zero attached hydrogens (tertiary/aromatic N) is 2. The zero-order valence-electron chi connectivity index (χ0n) is 10.4. The quantitative estimate of drug-likeness (QED) is 0.818. The standard InChI is InChI=1S/C11H14N2O4S2/c1-2-13(7-3-6-12)19(16,17)11-5-4-9(18-11)8-10(14)15/h4-5H,2-3,7-8H2,1H3,(H,14,15). The van der Waals surface area contributed by atoms with E-state index in [0.717, 1.165) is 11.3 Å². The van der Waals surface area contributed by atoms with Crippen LogP contribution in [0.3, 0.4) is 0 Å². The monoisotopic (exact) mass is 302 g/mol. The first-order valence-electron chi connectivity index (χ1n) is 5.59. The van der Waals surface area contributed by atoms with Gasteiger partial charge in [0.1, 0.15) is 4.21 Å². The van der Waals surface area contributed by atoms with Crippen LogP contribution in [-0.4, -0.2) is 36.9 Å². The van der Waals surface area contributed by atoms with E-state index in [2.05, 4.69) is 0 Å². The van der Waals surface area contributed by atoms with Crippen molar-refractivity contribution >= 4 is 27.3 Å². The first kappa shape index (κ1) is 15.6. The van der Waals surface area contributed by atoms with Crippen molar-refractivity contribution in [2.75, 3.05) is 13.1 Å². The third kappa shape index (κ3) is 4.02. The molecule has 19 heavy (non-hydrogen) atoms. The molecule has 0 bridgehead atoms. The van der Waals surface area contributed by atoms with Gasteiger partial charge in [0.05, 0.1) is 12.5 Å². The first-order valence-corrected chi connectivity index (χ1v) is 7.85. The molecule has 0 saturated heterocycles. The average Bonchev–Trinajstić information content (AvgIpc) is 2.78. The molecule has 0 atom stereocenters. The maximum atomic E-state index is 12.2. The van der Waals surface area contributed by atoms with Gasteiger partial charge in [-0.25, -0.2) is 8.42 Å². The van der Waals surface area contributed by atoms with Crippen LogP contribution in [0, 0.1) is 11.3 Å². The predicted octanol–water partition coefficient (Wildman–Crippen LogP) is 1.30. The smallest absolute Gasteiger partial charge is 0.308 e. The van der Waals surface area contributed by atoms with Crippen LogP contribution in [0.5, 0.6) is 0 Å². The van der Waals surface area contributed by atoms with Gasteiger partial charge in [-0.2, -0.15) is 9.57 Å². The third-order valence-corrected chi connectivity index (χ3v) is 5.91. The fourth-order valence-corrected chi connectivity index (χ4v) is 4.44. The summed E-state index contributed by atoms with van der Waals surface area (Å²) in [7, 11) is -3.63. The van der Waals surface area contributed by atoms with E-state index in [1.165, 1.54) is 16.4 Å². The number of rotatable bonds is 7. The number of nitriles is 1. The lowest BCUT2D eigenvalue weighted by Gasteiger charge is -2.17. The van der Waals surface area contributed by atoms with Gasteiger partial charge in [-0.3, -0.25) is 4.79 Å². The Labute approximate surface area is 115 Å². The molecular formula is C11H14N2O4S2. The van der Waals surface area contributed by atoms with Crippen molar-refractivity contribution in [1.29, 1.82) is 5.26 Å². The summed E-state index contributed by atoms with van der Waals surface area (Å²) in [6.45, 7) is 2.11. The number of carbonyl (C=O) groups is 1. The molecule has 1 heterocycles. The van der Waals surface area contributed by atoms with Gasteiger partial charge in [0.25, 0.3) is 10.0 Å². The van der Waals surface area contributed by atoms with Crippen molar-refractivity contribution in [3.8, 4) is 6.07 Å². The minimum atomic E-state index is -3.63. The first-order chi connectivity index (χ1) is 8.91. The second-order valence-corrected chi connectivity index (χ2v) is 7.03. The molecule has 8 heteroatoms. The van der Waals surface area contributed by atoms with Crippen LogP contribution >= 0.6 is 11.3 Å². The van der Waals surface area contributed by atoms with Gasteiger partial charge in [0.15, 0.2) is 0 Å². The summed E-state index contributed by atoms with van der Waals surface area (Å²) in [6.07, 6.45) is -0.0645. The zero-order chi connectivity index (χ0) is 14.5. The Hall–Kier alpha value is -1.43. The molecule has 104 valence electrons. The molecule has 1 aromatic rings. The van der Waals surface area contributed by atoms with Gasteiger partial charge in [-0.1, -0.05) is 6.92 Å². The highest BCUT2D eigenvalue weighted by atomic mass is 32.2. The van der Waals surface area contributed by atoms with Crippen molar-refractivity contribution < 1.29 is 18.3 Å². The van der Waals surface area contributed by atoms with Gasteiger partial charge in [-0.05, 0) is 12.1 Å². The van der Waals surface area contributed by atoms with Gasteiger partial charge in [-0.15, -0.1) is 11.3 Å². The molecule has 0 radical (unpaired) electrons. The average molecular weight is 302 g/mol. The Morgan fingerprint density at radius 2 is 2.21 bits per heavy atom.